The number of benzene rings is 1. The van der Waals surface area contributed by atoms with Crippen LogP contribution < -0.4 is 10.6 Å². The summed E-state index contributed by atoms with van der Waals surface area (Å²) < 4.78 is 11.0. The number of rotatable bonds is 8. The van der Waals surface area contributed by atoms with E-state index in [9.17, 15) is 5.11 Å². The quantitative estimate of drug-likeness (QED) is 0.455. The second kappa shape index (κ2) is 10.6. The van der Waals surface area contributed by atoms with Gasteiger partial charge in [0.2, 0.25) is 0 Å². The summed E-state index contributed by atoms with van der Waals surface area (Å²) in [6, 6.07) is 12.1. The number of nitrogens with one attached hydrogen (secondary N) is 2. The lowest BCUT2D eigenvalue weighted by Crippen LogP contribution is -2.44. The number of morpholine rings is 1. The predicted molar refractivity (Wildman–Crippen MR) is 118 cm³/mol. The Morgan fingerprint density at radius 2 is 2.10 bits per heavy atom. The third-order valence-corrected chi connectivity index (χ3v) is 5.14. The molecule has 3 N–H and O–H groups in total. The van der Waals surface area contributed by atoms with Gasteiger partial charge in [0.05, 0.1) is 32.1 Å². The summed E-state index contributed by atoms with van der Waals surface area (Å²) in [4.78, 5) is 7.12. The van der Waals surface area contributed by atoms with Crippen molar-refractivity contribution in [3.8, 4) is 0 Å². The van der Waals surface area contributed by atoms with Gasteiger partial charge in [-0.05, 0) is 44.0 Å². The molecule has 0 bridgehead atoms. The summed E-state index contributed by atoms with van der Waals surface area (Å²) in [6.45, 7) is 11.1. The average molecular weight is 415 g/mol. The van der Waals surface area contributed by atoms with E-state index in [0.717, 1.165) is 38.3 Å². The van der Waals surface area contributed by atoms with Crippen LogP contribution in [0.3, 0.4) is 0 Å². The fourth-order valence-electron chi connectivity index (χ4n) is 3.56. The van der Waals surface area contributed by atoms with E-state index in [1.165, 1.54) is 5.56 Å². The number of aliphatic imine (C=N–C) groups is 1. The molecule has 1 fully saturated rings. The Morgan fingerprint density at radius 3 is 2.83 bits per heavy atom. The molecule has 2 aromatic rings. The van der Waals surface area contributed by atoms with Gasteiger partial charge < -0.3 is 24.9 Å². The van der Waals surface area contributed by atoms with Crippen LogP contribution in [0.1, 0.15) is 37.7 Å². The predicted octanol–water partition coefficient (Wildman–Crippen LogP) is 2.46. The Morgan fingerprint density at radius 1 is 1.27 bits per heavy atom. The lowest BCUT2D eigenvalue weighted by molar-refractivity contribution is -0.0212. The van der Waals surface area contributed by atoms with E-state index in [0.29, 0.717) is 30.9 Å². The van der Waals surface area contributed by atoms with E-state index >= 15 is 0 Å². The SMILES string of the molecule is CCNC(=NCc1cccc(CN2CCOC(C)C2)c1)NCC(C)(O)c1ccco1. The highest BCUT2D eigenvalue weighted by atomic mass is 16.5. The summed E-state index contributed by atoms with van der Waals surface area (Å²) in [5.74, 6) is 1.19. The van der Waals surface area contributed by atoms with Crippen molar-refractivity contribution in [3.05, 3.63) is 59.5 Å². The van der Waals surface area contributed by atoms with Gasteiger partial charge in [-0.1, -0.05) is 24.3 Å². The van der Waals surface area contributed by atoms with Crippen LogP contribution >= 0.6 is 0 Å². The average Bonchev–Trinajstić information content (AvgIpc) is 3.26. The van der Waals surface area contributed by atoms with Crippen molar-refractivity contribution in [1.29, 1.82) is 0 Å². The summed E-state index contributed by atoms with van der Waals surface area (Å²) in [6.07, 6.45) is 1.85. The molecule has 0 aliphatic carbocycles. The first-order valence-electron chi connectivity index (χ1n) is 10.7. The summed E-state index contributed by atoms with van der Waals surface area (Å²) in [7, 11) is 0. The molecule has 1 saturated heterocycles. The highest BCUT2D eigenvalue weighted by Gasteiger charge is 2.26. The molecule has 2 unspecified atom stereocenters. The van der Waals surface area contributed by atoms with E-state index in [1.807, 2.05) is 6.92 Å². The Balaban J connectivity index is 1.58. The van der Waals surface area contributed by atoms with Crippen LogP contribution in [0.15, 0.2) is 52.1 Å². The smallest absolute Gasteiger partial charge is 0.191 e. The maximum Gasteiger partial charge on any atom is 0.191 e. The summed E-state index contributed by atoms with van der Waals surface area (Å²) in [5.41, 5.74) is 1.33. The highest BCUT2D eigenvalue weighted by Crippen LogP contribution is 2.19. The maximum absolute atomic E-state index is 10.6. The topological polar surface area (TPSA) is 82.3 Å². The fourth-order valence-corrected chi connectivity index (χ4v) is 3.56. The third-order valence-electron chi connectivity index (χ3n) is 5.14. The standard InChI is InChI=1S/C23H34N4O3/c1-4-24-22(26-17-23(3,28)21-9-6-11-30-21)25-14-19-7-5-8-20(13-19)16-27-10-12-29-18(2)15-27/h5-9,11,13,18,28H,4,10,12,14-17H2,1-3H3,(H2,24,25,26). The molecule has 1 aliphatic heterocycles. The number of aliphatic hydroxyl groups is 1. The maximum atomic E-state index is 10.6. The van der Waals surface area contributed by atoms with Crippen LogP contribution in [0.2, 0.25) is 0 Å². The van der Waals surface area contributed by atoms with Crippen LogP contribution in [0.5, 0.6) is 0 Å². The van der Waals surface area contributed by atoms with Crippen LogP contribution in [0.25, 0.3) is 0 Å². The molecular weight excluding hydrogens is 380 g/mol. The number of furan rings is 1. The Labute approximate surface area is 179 Å². The van der Waals surface area contributed by atoms with E-state index < -0.39 is 5.60 Å². The van der Waals surface area contributed by atoms with Gasteiger partial charge in [-0.2, -0.15) is 0 Å². The summed E-state index contributed by atoms with van der Waals surface area (Å²) >= 11 is 0. The Kier molecular flexibility index (Phi) is 7.90. The number of guanidine groups is 1. The van der Waals surface area contributed by atoms with Crippen molar-refractivity contribution >= 4 is 5.96 Å². The molecule has 0 radical (unpaired) electrons. The molecule has 1 aliphatic rings. The van der Waals surface area contributed by atoms with Gasteiger partial charge in [-0.15, -0.1) is 0 Å². The largest absolute Gasteiger partial charge is 0.466 e. The highest BCUT2D eigenvalue weighted by molar-refractivity contribution is 5.79. The summed E-state index contributed by atoms with van der Waals surface area (Å²) in [5, 5.41) is 17.1. The van der Waals surface area contributed by atoms with Gasteiger partial charge in [0.25, 0.3) is 0 Å². The van der Waals surface area contributed by atoms with Gasteiger partial charge in [0, 0.05) is 26.2 Å². The van der Waals surface area contributed by atoms with E-state index in [1.54, 1.807) is 25.3 Å². The van der Waals surface area contributed by atoms with Gasteiger partial charge in [0.15, 0.2) is 5.96 Å². The fraction of sp³-hybridized carbons (Fsp3) is 0.522. The van der Waals surface area contributed by atoms with Crippen molar-refractivity contribution in [2.24, 2.45) is 4.99 Å². The molecule has 0 amide bonds. The zero-order valence-corrected chi connectivity index (χ0v) is 18.2. The van der Waals surface area contributed by atoms with Crippen molar-refractivity contribution in [1.82, 2.24) is 15.5 Å². The Hall–Kier alpha value is -2.35. The molecule has 0 spiro atoms. The number of hydrogen-bond donors (Lipinski definition) is 3. The van der Waals surface area contributed by atoms with E-state index in [-0.39, 0.29) is 0 Å². The van der Waals surface area contributed by atoms with Crippen LogP contribution in [-0.4, -0.2) is 54.9 Å². The molecule has 2 heterocycles. The van der Waals surface area contributed by atoms with Crippen LogP contribution in [0.4, 0.5) is 0 Å². The number of ether oxygens (including phenoxy) is 1. The molecule has 164 valence electrons. The normalized spacial score (nSPS) is 20.0. The minimum Gasteiger partial charge on any atom is -0.466 e. The molecule has 3 rings (SSSR count). The zero-order valence-electron chi connectivity index (χ0n) is 18.2. The second-order valence-corrected chi connectivity index (χ2v) is 8.04. The van der Waals surface area contributed by atoms with E-state index in [2.05, 4.69) is 51.7 Å². The molecule has 0 saturated carbocycles. The van der Waals surface area contributed by atoms with Crippen molar-refractivity contribution in [3.63, 3.8) is 0 Å². The molecule has 7 heteroatoms. The first-order valence-corrected chi connectivity index (χ1v) is 10.7. The minimum atomic E-state index is -1.12. The Bertz CT molecular complexity index is 805. The molecule has 2 atom stereocenters. The molecule has 1 aromatic heterocycles. The van der Waals surface area contributed by atoms with Gasteiger partial charge in [-0.25, -0.2) is 4.99 Å². The van der Waals surface area contributed by atoms with Gasteiger partial charge >= 0.3 is 0 Å². The molecule has 30 heavy (non-hydrogen) atoms. The van der Waals surface area contributed by atoms with Gasteiger partial charge in [0.1, 0.15) is 11.4 Å². The lowest BCUT2D eigenvalue weighted by Gasteiger charge is -2.31. The zero-order chi connectivity index (χ0) is 21.4. The van der Waals surface area contributed by atoms with E-state index in [4.69, 9.17) is 9.15 Å². The first kappa shape index (κ1) is 22.3. The number of nitrogens with zero attached hydrogens (tertiary/aromatic N) is 2. The van der Waals surface area contributed by atoms with Crippen LogP contribution in [0, 0.1) is 0 Å². The molecule has 1 aromatic carbocycles. The third kappa shape index (κ3) is 6.58. The minimum absolute atomic E-state index is 0.290. The van der Waals surface area contributed by atoms with Crippen molar-refractivity contribution in [2.45, 2.75) is 45.6 Å². The lowest BCUT2D eigenvalue weighted by atomic mass is 10.0. The van der Waals surface area contributed by atoms with Gasteiger partial charge in [-0.3, -0.25) is 4.90 Å². The molecular formula is C23H34N4O3. The van der Waals surface area contributed by atoms with Crippen molar-refractivity contribution < 1.29 is 14.3 Å². The number of hydrogen-bond acceptors (Lipinski definition) is 5. The second-order valence-electron chi connectivity index (χ2n) is 8.04. The van der Waals surface area contributed by atoms with Crippen LogP contribution in [-0.2, 0) is 23.4 Å². The van der Waals surface area contributed by atoms with Crippen molar-refractivity contribution in [2.75, 3.05) is 32.8 Å². The monoisotopic (exact) mass is 414 g/mol. The first-order chi connectivity index (χ1) is 14.5. The molecule has 7 nitrogen and oxygen atoms in total.